The molecule has 2 unspecified atom stereocenters. The van der Waals surface area contributed by atoms with Crippen molar-refractivity contribution >= 4 is 11.6 Å². The Morgan fingerprint density at radius 3 is 2.13 bits per heavy atom. The summed E-state index contributed by atoms with van der Waals surface area (Å²) in [5.41, 5.74) is -0.391. The summed E-state index contributed by atoms with van der Waals surface area (Å²) in [6.07, 6.45) is 2.40. The lowest BCUT2D eigenvalue weighted by molar-refractivity contribution is 0.0831. The maximum atomic E-state index is 13.2. The Labute approximate surface area is 135 Å². The molecular weight excluding hydrogens is 288 g/mol. The summed E-state index contributed by atoms with van der Waals surface area (Å²) in [4.78, 5) is 26.4. The molecule has 0 aromatic heterocycles. The fraction of sp³-hybridized carbons (Fsp3) is 0.300. The van der Waals surface area contributed by atoms with Crippen molar-refractivity contribution in [1.29, 1.82) is 0 Å². The van der Waals surface area contributed by atoms with Gasteiger partial charge >= 0.3 is 0 Å². The van der Waals surface area contributed by atoms with Gasteiger partial charge in [-0.15, -0.1) is 0 Å². The van der Waals surface area contributed by atoms with E-state index >= 15 is 0 Å². The number of rotatable bonds is 4. The average Bonchev–Trinajstić information content (AvgIpc) is 3.31. The molecular formula is C20H18O3. The van der Waals surface area contributed by atoms with E-state index in [1.807, 2.05) is 30.3 Å². The molecule has 1 aliphatic carbocycles. The van der Waals surface area contributed by atoms with E-state index in [9.17, 15) is 9.59 Å². The average molecular weight is 306 g/mol. The second-order valence-corrected chi connectivity index (χ2v) is 6.28. The molecule has 4 rings (SSSR count). The molecule has 0 bridgehead atoms. The topological polar surface area (TPSA) is 46.7 Å². The maximum Gasteiger partial charge on any atom is 0.203 e. The second kappa shape index (κ2) is 4.87. The van der Waals surface area contributed by atoms with Crippen LogP contribution in [0, 0.1) is 0 Å². The zero-order chi connectivity index (χ0) is 16.1. The smallest absolute Gasteiger partial charge is 0.203 e. The van der Waals surface area contributed by atoms with Crippen LogP contribution in [0.15, 0.2) is 54.6 Å². The number of Topliss-reactive ketones (excluding diaryl/α,β-unsaturated/α-hetero) is 2. The van der Waals surface area contributed by atoms with Crippen molar-refractivity contribution in [3.8, 4) is 0 Å². The Balaban J connectivity index is 1.92. The van der Waals surface area contributed by atoms with E-state index in [4.69, 9.17) is 4.74 Å². The number of carbonyl (C=O) groups is 2. The van der Waals surface area contributed by atoms with E-state index in [1.54, 1.807) is 24.3 Å². The number of epoxide rings is 1. The van der Waals surface area contributed by atoms with Gasteiger partial charge in [0.05, 0.1) is 0 Å². The fourth-order valence-corrected chi connectivity index (χ4v) is 3.82. The molecule has 1 heterocycles. The molecule has 0 saturated carbocycles. The molecule has 2 aromatic carbocycles. The van der Waals surface area contributed by atoms with Gasteiger partial charge in [-0.3, -0.25) is 9.59 Å². The van der Waals surface area contributed by atoms with Crippen LogP contribution in [0.5, 0.6) is 0 Å². The fourth-order valence-electron chi connectivity index (χ4n) is 3.82. The predicted molar refractivity (Wildman–Crippen MR) is 86.6 cm³/mol. The zero-order valence-corrected chi connectivity index (χ0v) is 13.0. The number of fused-ring (bicyclic) bond motifs is 2. The van der Waals surface area contributed by atoms with Crippen LogP contribution in [0.4, 0.5) is 0 Å². The van der Waals surface area contributed by atoms with E-state index in [2.05, 4.69) is 6.92 Å². The Kier molecular flexibility index (Phi) is 3.03. The summed E-state index contributed by atoms with van der Waals surface area (Å²) in [6, 6.07) is 16.5. The molecule has 0 spiro atoms. The van der Waals surface area contributed by atoms with Gasteiger partial charge in [-0.2, -0.15) is 0 Å². The van der Waals surface area contributed by atoms with Crippen LogP contribution in [-0.2, 0) is 10.3 Å². The highest BCUT2D eigenvalue weighted by molar-refractivity contribution is 6.25. The molecule has 1 aliphatic heterocycles. The zero-order valence-electron chi connectivity index (χ0n) is 13.0. The van der Waals surface area contributed by atoms with Crippen LogP contribution in [-0.4, -0.2) is 17.2 Å². The van der Waals surface area contributed by atoms with Crippen LogP contribution >= 0.6 is 0 Å². The Morgan fingerprint density at radius 1 is 0.870 bits per heavy atom. The molecule has 1 saturated heterocycles. The summed E-state index contributed by atoms with van der Waals surface area (Å²) < 4.78 is 6.05. The highest BCUT2D eigenvalue weighted by Crippen LogP contribution is 2.63. The summed E-state index contributed by atoms with van der Waals surface area (Å²) in [6.45, 7) is 2.08. The van der Waals surface area contributed by atoms with Gasteiger partial charge in [0.1, 0.15) is 0 Å². The molecule has 0 radical (unpaired) electrons. The molecule has 3 nitrogen and oxygen atoms in total. The Bertz CT molecular complexity index is 796. The minimum atomic E-state index is -1.13. The van der Waals surface area contributed by atoms with Crippen molar-refractivity contribution in [3.63, 3.8) is 0 Å². The van der Waals surface area contributed by atoms with Crippen LogP contribution in [0.1, 0.15) is 52.5 Å². The van der Waals surface area contributed by atoms with Gasteiger partial charge in [0, 0.05) is 11.1 Å². The van der Waals surface area contributed by atoms with Gasteiger partial charge in [-0.25, -0.2) is 0 Å². The number of unbranched alkanes of at least 4 members (excludes halogenated alkanes) is 1. The summed E-state index contributed by atoms with van der Waals surface area (Å²) in [7, 11) is 0. The largest absolute Gasteiger partial charge is 0.340 e. The SMILES string of the molecule is CCCCC12OC1(c1ccccc1)C(=O)c1ccccc1C2=O. The lowest BCUT2D eigenvalue weighted by atomic mass is 9.69. The predicted octanol–water partition coefficient (Wildman–Crippen LogP) is 3.92. The first kappa shape index (κ1) is 14.3. The Morgan fingerprint density at radius 2 is 1.48 bits per heavy atom. The molecule has 116 valence electrons. The molecule has 2 aromatic rings. The van der Waals surface area contributed by atoms with Crippen LogP contribution in [0.2, 0.25) is 0 Å². The van der Waals surface area contributed by atoms with Crippen LogP contribution < -0.4 is 0 Å². The lowest BCUT2D eigenvalue weighted by Gasteiger charge is -2.25. The van der Waals surface area contributed by atoms with Gasteiger partial charge in [0.2, 0.25) is 5.78 Å². The van der Waals surface area contributed by atoms with Gasteiger partial charge < -0.3 is 4.74 Å². The van der Waals surface area contributed by atoms with Crippen molar-refractivity contribution < 1.29 is 14.3 Å². The number of hydrogen-bond donors (Lipinski definition) is 0. The van der Waals surface area contributed by atoms with Gasteiger partial charge in [-0.05, 0) is 12.0 Å². The van der Waals surface area contributed by atoms with E-state index < -0.39 is 11.2 Å². The second-order valence-electron chi connectivity index (χ2n) is 6.28. The summed E-state index contributed by atoms with van der Waals surface area (Å²) >= 11 is 0. The van der Waals surface area contributed by atoms with E-state index in [0.29, 0.717) is 17.5 Å². The molecule has 2 aliphatic rings. The molecule has 2 atom stereocenters. The number of benzene rings is 2. The molecule has 23 heavy (non-hydrogen) atoms. The minimum absolute atomic E-state index is 0.0509. The third-order valence-electron chi connectivity index (χ3n) is 5.02. The lowest BCUT2D eigenvalue weighted by Crippen LogP contribution is -2.43. The van der Waals surface area contributed by atoms with Crippen LogP contribution in [0.3, 0.4) is 0 Å². The molecule has 1 fully saturated rings. The molecule has 0 N–H and O–H groups in total. The number of ether oxygens (including phenoxy) is 1. The number of ketones is 2. The summed E-state index contributed by atoms with van der Waals surface area (Å²) in [5.74, 6) is -0.139. The minimum Gasteiger partial charge on any atom is -0.340 e. The molecule has 3 heteroatoms. The van der Waals surface area contributed by atoms with E-state index in [1.165, 1.54) is 0 Å². The van der Waals surface area contributed by atoms with Gasteiger partial charge in [0.15, 0.2) is 17.0 Å². The first-order chi connectivity index (χ1) is 11.2. The standard InChI is InChI=1S/C20H18O3/c1-2-3-13-19-17(21)15-11-7-8-12-16(15)18(22)20(19,23-19)14-9-5-4-6-10-14/h4-12H,2-3,13H2,1H3. The number of carbonyl (C=O) groups excluding carboxylic acids is 2. The molecule has 0 amide bonds. The maximum absolute atomic E-state index is 13.2. The quantitative estimate of drug-likeness (QED) is 0.804. The highest BCUT2D eigenvalue weighted by atomic mass is 16.6. The van der Waals surface area contributed by atoms with Crippen molar-refractivity contribution in [3.05, 3.63) is 71.3 Å². The summed E-state index contributed by atoms with van der Waals surface area (Å²) in [5, 5.41) is 0. The monoisotopic (exact) mass is 306 g/mol. The van der Waals surface area contributed by atoms with Gasteiger partial charge in [0.25, 0.3) is 0 Å². The van der Waals surface area contributed by atoms with Crippen molar-refractivity contribution in [2.45, 2.75) is 37.4 Å². The van der Waals surface area contributed by atoms with Crippen molar-refractivity contribution in [2.75, 3.05) is 0 Å². The third kappa shape index (κ3) is 1.68. The van der Waals surface area contributed by atoms with Crippen LogP contribution in [0.25, 0.3) is 0 Å². The van der Waals surface area contributed by atoms with Gasteiger partial charge in [-0.1, -0.05) is 74.4 Å². The van der Waals surface area contributed by atoms with Crippen molar-refractivity contribution in [2.24, 2.45) is 0 Å². The normalized spacial score (nSPS) is 28.2. The third-order valence-corrected chi connectivity index (χ3v) is 5.02. The first-order valence-corrected chi connectivity index (χ1v) is 8.12. The Hall–Kier alpha value is -2.26. The van der Waals surface area contributed by atoms with E-state index in [0.717, 1.165) is 18.4 Å². The van der Waals surface area contributed by atoms with Crippen molar-refractivity contribution in [1.82, 2.24) is 0 Å². The number of hydrogen-bond acceptors (Lipinski definition) is 3. The first-order valence-electron chi connectivity index (χ1n) is 8.12. The van der Waals surface area contributed by atoms with E-state index in [-0.39, 0.29) is 11.6 Å². The highest BCUT2D eigenvalue weighted by Gasteiger charge is 2.80.